The summed E-state index contributed by atoms with van der Waals surface area (Å²) in [6.45, 7) is 3.82. The fourth-order valence-electron chi connectivity index (χ4n) is 4.57. The summed E-state index contributed by atoms with van der Waals surface area (Å²) >= 11 is 0. The molecular formula is C19H23N5O2. The van der Waals surface area contributed by atoms with Gasteiger partial charge in [0.25, 0.3) is 0 Å². The topological polar surface area (TPSA) is 73.0 Å². The van der Waals surface area contributed by atoms with E-state index in [2.05, 4.69) is 15.0 Å². The van der Waals surface area contributed by atoms with Crippen LogP contribution in [0.3, 0.4) is 0 Å². The molecule has 0 spiro atoms. The first-order chi connectivity index (χ1) is 12.7. The molecule has 1 saturated carbocycles. The van der Waals surface area contributed by atoms with Crippen molar-refractivity contribution in [3.63, 3.8) is 0 Å². The van der Waals surface area contributed by atoms with Gasteiger partial charge in [-0.05, 0) is 30.9 Å². The fraction of sp³-hybridized carbons (Fsp3) is 0.579. The van der Waals surface area contributed by atoms with Gasteiger partial charge in [0.1, 0.15) is 5.82 Å². The fourth-order valence-corrected chi connectivity index (χ4v) is 4.57. The highest BCUT2D eigenvalue weighted by atomic mass is 16.2. The van der Waals surface area contributed by atoms with E-state index in [1.165, 1.54) is 11.1 Å². The van der Waals surface area contributed by atoms with Gasteiger partial charge in [-0.1, -0.05) is 12.5 Å². The van der Waals surface area contributed by atoms with Crippen molar-refractivity contribution in [2.24, 2.45) is 11.8 Å². The van der Waals surface area contributed by atoms with E-state index in [1.54, 1.807) is 4.57 Å². The van der Waals surface area contributed by atoms with Crippen molar-refractivity contribution in [1.29, 1.82) is 0 Å². The first kappa shape index (κ1) is 15.9. The first-order valence-corrected chi connectivity index (χ1v) is 9.53. The Balaban J connectivity index is 1.40. The molecule has 0 aromatic carbocycles. The smallest absolute Gasteiger partial charge is 0.296 e. The standard InChI is InChI=1S/C19H23N5O2/c25-18-19(26)24(8-13-4-3-5-13)21-17-16-12-22(9-14(16)10-23(17)18)11-15-6-1-2-7-20-15/h1-2,6-7,13-14,16H,3-5,8-12H2. The molecule has 2 aromatic heterocycles. The molecule has 2 aromatic rings. The van der Waals surface area contributed by atoms with Crippen LogP contribution in [0.2, 0.25) is 0 Å². The van der Waals surface area contributed by atoms with Gasteiger partial charge in [-0.25, -0.2) is 4.68 Å². The lowest BCUT2D eigenvalue weighted by molar-refractivity contribution is 0.256. The lowest BCUT2D eigenvalue weighted by Crippen LogP contribution is -2.45. The first-order valence-electron chi connectivity index (χ1n) is 9.53. The number of nitrogens with zero attached hydrogens (tertiary/aromatic N) is 5. The monoisotopic (exact) mass is 353 g/mol. The summed E-state index contributed by atoms with van der Waals surface area (Å²) < 4.78 is 3.08. The molecule has 1 saturated heterocycles. The summed E-state index contributed by atoms with van der Waals surface area (Å²) in [5.41, 5.74) is 0.221. The second-order valence-electron chi connectivity index (χ2n) is 7.94. The molecule has 26 heavy (non-hydrogen) atoms. The van der Waals surface area contributed by atoms with E-state index < -0.39 is 5.56 Å². The molecule has 2 unspecified atom stereocenters. The van der Waals surface area contributed by atoms with Crippen molar-refractivity contribution in [3.8, 4) is 0 Å². The molecule has 2 atom stereocenters. The molecule has 7 nitrogen and oxygen atoms in total. The Morgan fingerprint density at radius 3 is 2.69 bits per heavy atom. The highest BCUT2D eigenvalue weighted by Crippen LogP contribution is 2.37. The summed E-state index contributed by atoms with van der Waals surface area (Å²) in [6.07, 6.45) is 5.31. The van der Waals surface area contributed by atoms with E-state index in [9.17, 15) is 9.59 Å². The van der Waals surface area contributed by atoms with Crippen LogP contribution >= 0.6 is 0 Å². The summed E-state index contributed by atoms with van der Waals surface area (Å²) in [4.78, 5) is 31.7. The zero-order valence-electron chi connectivity index (χ0n) is 14.8. The molecule has 2 aliphatic heterocycles. The Morgan fingerprint density at radius 1 is 1.08 bits per heavy atom. The van der Waals surface area contributed by atoms with E-state index in [0.717, 1.165) is 44.0 Å². The van der Waals surface area contributed by atoms with Gasteiger partial charge >= 0.3 is 11.1 Å². The summed E-state index contributed by atoms with van der Waals surface area (Å²) in [5.74, 6) is 1.91. The maximum atomic E-state index is 12.5. The van der Waals surface area contributed by atoms with E-state index >= 15 is 0 Å². The van der Waals surface area contributed by atoms with Crippen LogP contribution in [-0.2, 0) is 19.6 Å². The zero-order valence-corrected chi connectivity index (χ0v) is 14.8. The van der Waals surface area contributed by atoms with Gasteiger partial charge in [0, 0.05) is 50.8 Å². The van der Waals surface area contributed by atoms with Crippen molar-refractivity contribution in [2.45, 2.75) is 44.8 Å². The van der Waals surface area contributed by atoms with Crippen LogP contribution < -0.4 is 11.1 Å². The molecular weight excluding hydrogens is 330 g/mol. The van der Waals surface area contributed by atoms with Crippen LogP contribution in [0, 0.1) is 11.8 Å². The van der Waals surface area contributed by atoms with Gasteiger partial charge in [-0.15, -0.1) is 0 Å². The van der Waals surface area contributed by atoms with Crippen LogP contribution in [0.25, 0.3) is 0 Å². The minimum absolute atomic E-state index is 0.236. The number of pyridine rings is 1. The lowest BCUT2D eigenvalue weighted by Gasteiger charge is -2.25. The third-order valence-corrected chi connectivity index (χ3v) is 6.20. The van der Waals surface area contributed by atoms with Crippen molar-refractivity contribution in [2.75, 3.05) is 13.1 Å². The Bertz CT molecular complexity index is 931. The van der Waals surface area contributed by atoms with Gasteiger partial charge < -0.3 is 0 Å². The van der Waals surface area contributed by atoms with E-state index in [-0.39, 0.29) is 11.5 Å². The molecule has 2 fully saturated rings. The second kappa shape index (κ2) is 6.16. The SMILES string of the molecule is O=c1c(=O)n2c(nn1CC1CCC1)C1CN(Cc3ccccn3)CC1C2. The molecule has 1 aliphatic carbocycles. The van der Waals surface area contributed by atoms with Gasteiger partial charge in [0.15, 0.2) is 0 Å². The number of fused-ring (bicyclic) bond motifs is 3. The highest BCUT2D eigenvalue weighted by Gasteiger charge is 2.42. The molecule has 4 heterocycles. The van der Waals surface area contributed by atoms with Crippen molar-refractivity contribution < 1.29 is 0 Å². The minimum atomic E-state index is -0.453. The number of hydrogen-bond acceptors (Lipinski definition) is 5. The van der Waals surface area contributed by atoms with Crippen LogP contribution in [0.1, 0.15) is 36.7 Å². The van der Waals surface area contributed by atoms with Gasteiger partial charge in [0.2, 0.25) is 0 Å². The molecule has 0 amide bonds. The van der Waals surface area contributed by atoms with E-state index in [1.807, 2.05) is 24.4 Å². The Labute approximate surface area is 151 Å². The zero-order chi connectivity index (χ0) is 17.7. The molecule has 0 bridgehead atoms. The van der Waals surface area contributed by atoms with E-state index in [4.69, 9.17) is 0 Å². The maximum Gasteiger partial charge on any atom is 0.332 e. The third-order valence-electron chi connectivity index (χ3n) is 6.20. The minimum Gasteiger partial charge on any atom is -0.296 e. The summed E-state index contributed by atoms with van der Waals surface area (Å²) in [6, 6.07) is 5.98. The van der Waals surface area contributed by atoms with Crippen molar-refractivity contribution in [1.82, 2.24) is 24.2 Å². The Hall–Kier alpha value is -2.28. The quantitative estimate of drug-likeness (QED) is 0.761. The number of aromatic nitrogens is 4. The number of rotatable bonds is 4. The van der Waals surface area contributed by atoms with Crippen molar-refractivity contribution >= 4 is 0 Å². The molecule has 136 valence electrons. The molecule has 7 heteroatoms. The van der Waals surface area contributed by atoms with Crippen molar-refractivity contribution in [3.05, 3.63) is 56.6 Å². The van der Waals surface area contributed by atoms with E-state index in [0.29, 0.717) is 24.9 Å². The number of hydrogen-bond donors (Lipinski definition) is 0. The largest absolute Gasteiger partial charge is 0.332 e. The van der Waals surface area contributed by atoms with Crippen LogP contribution in [0.5, 0.6) is 0 Å². The highest BCUT2D eigenvalue weighted by molar-refractivity contribution is 5.13. The molecule has 5 rings (SSSR count). The van der Waals surface area contributed by atoms with Gasteiger partial charge in [-0.3, -0.25) is 24.0 Å². The van der Waals surface area contributed by atoms with Crippen LogP contribution in [-0.4, -0.2) is 37.3 Å². The van der Waals surface area contributed by atoms with Crippen LogP contribution in [0.4, 0.5) is 0 Å². The Morgan fingerprint density at radius 2 is 1.96 bits per heavy atom. The maximum absolute atomic E-state index is 12.5. The van der Waals surface area contributed by atoms with Crippen LogP contribution in [0.15, 0.2) is 34.0 Å². The normalized spacial score (nSPS) is 25.1. The molecule has 0 N–H and O–H groups in total. The third kappa shape index (κ3) is 2.61. The summed E-state index contributed by atoms with van der Waals surface area (Å²) in [5, 5.41) is 4.64. The van der Waals surface area contributed by atoms with Gasteiger partial charge in [0.05, 0.1) is 5.69 Å². The average molecular weight is 353 g/mol. The predicted octanol–water partition coefficient (Wildman–Crippen LogP) is 0.829. The predicted molar refractivity (Wildman–Crippen MR) is 95.8 cm³/mol. The molecule has 3 aliphatic rings. The second-order valence-corrected chi connectivity index (χ2v) is 7.94. The Kier molecular flexibility index (Phi) is 3.77. The lowest BCUT2D eigenvalue weighted by atomic mass is 9.85. The summed E-state index contributed by atoms with van der Waals surface area (Å²) in [7, 11) is 0. The molecule has 0 radical (unpaired) electrons. The van der Waals surface area contributed by atoms with Gasteiger partial charge in [-0.2, -0.15) is 5.10 Å². The average Bonchev–Trinajstić information content (AvgIpc) is 3.14. The number of likely N-dealkylation sites (tertiary alicyclic amines) is 1.